The quantitative estimate of drug-likeness (QED) is 0.564. The number of nitrogens with zero attached hydrogens (tertiary/aromatic N) is 1. The van der Waals surface area contributed by atoms with E-state index in [4.69, 9.17) is 4.74 Å². The fourth-order valence-electron chi connectivity index (χ4n) is 1.21. The van der Waals surface area contributed by atoms with Crippen molar-refractivity contribution >= 4 is 0 Å². The van der Waals surface area contributed by atoms with Crippen LogP contribution in [0.4, 0.5) is 0 Å². The summed E-state index contributed by atoms with van der Waals surface area (Å²) in [4.78, 5) is 2.33. The Hall–Kier alpha value is -0.380. The molecule has 0 heterocycles. The van der Waals surface area contributed by atoms with Crippen molar-refractivity contribution < 1.29 is 4.74 Å². The average Bonchev–Trinajstić information content (AvgIpc) is 2.13. The van der Waals surface area contributed by atoms with E-state index in [9.17, 15) is 0 Å². The zero-order valence-electron chi connectivity index (χ0n) is 9.75. The number of hydrogen-bond donors (Lipinski definition) is 1. The molecule has 14 heavy (non-hydrogen) atoms. The third-order valence-electron chi connectivity index (χ3n) is 1.98. The monoisotopic (exact) mass is 200 g/mol. The molecule has 0 amide bonds. The van der Waals surface area contributed by atoms with Crippen molar-refractivity contribution in [3.63, 3.8) is 0 Å². The first-order valence-corrected chi connectivity index (χ1v) is 5.26. The Labute approximate surface area is 88.1 Å². The van der Waals surface area contributed by atoms with Crippen molar-refractivity contribution in [2.24, 2.45) is 0 Å². The molecule has 0 aliphatic carbocycles. The minimum atomic E-state index is 0.558. The highest BCUT2D eigenvalue weighted by Gasteiger charge is 2.01. The number of nitrogens with one attached hydrogen (secondary N) is 1. The molecule has 3 heteroatoms. The third kappa shape index (κ3) is 8.23. The van der Waals surface area contributed by atoms with Crippen LogP contribution in [0.2, 0.25) is 0 Å². The van der Waals surface area contributed by atoms with Crippen molar-refractivity contribution in [2.45, 2.75) is 19.9 Å². The Morgan fingerprint density at radius 3 is 2.64 bits per heavy atom. The van der Waals surface area contributed by atoms with Crippen molar-refractivity contribution in [1.82, 2.24) is 10.2 Å². The molecule has 0 fully saturated rings. The molecule has 0 saturated carbocycles. The van der Waals surface area contributed by atoms with E-state index in [1.807, 2.05) is 6.08 Å². The molecule has 0 rings (SSSR count). The molecule has 0 spiro atoms. The Kier molecular flexibility index (Phi) is 8.94. The molecule has 0 aliphatic heterocycles. The van der Waals surface area contributed by atoms with Crippen LogP contribution in [0.15, 0.2) is 12.7 Å². The van der Waals surface area contributed by atoms with Crippen molar-refractivity contribution in [3.05, 3.63) is 12.7 Å². The summed E-state index contributed by atoms with van der Waals surface area (Å²) < 4.78 is 5.05. The van der Waals surface area contributed by atoms with Crippen LogP contribution in [0.5, 0.6) is 0 Å². The van der Waals surface area contributed by atoms with E-state index in [0.717, 1.165) is 32.8 Å². The van der Waals surface area contributed by atoms with Gasteiger partial charge in [-0.05, 0) is 0 Å². The lowest BCUT2D eigenvalue weighted by Gasteiger charge is -2.21. The number of rotatable bonds is 9. The normalized spacial score (nSPS) is 11.2. The van der Waals surface area contributed by atoms with Gasteiger partial charge in [0, 0.05) is 39.3 Å². The molecule has 0 aromatic rings. The van der Waals surface area contributed by atoms with Crippen molar-refractivity contribution in [1.29, 1.82) is 0 Å². The highest BCUT2D eigenvalue weighted by molar-refractivity contribution is 4.74. The zero-order chi connectivity index (χ0) is 10.8. The van der Waals surface area contributed by atoms with Gasteiger partial charge in [0.15, 0.2) is 0 Å². The van der Waals surface area contributed by atoms with Gasteiger partial charge in [-0.3, -0.25) is 4.90 Å². The second kappa shape index (κ2) is 9.19. The molecule has 0 atom stereocenters. The molecule has 0 aliphatic rings. The average molecular weight is 200 g/mol. The minimum Gasteiger partial charge on any atom is -0.383 e. The summed E-state index contributed by atoms with van der Waals surface area (Å²) in [7, 11) is 1.73. The highest BCUT2D eigenvalue weighted by atomic mass is 16.5. The van der Waals surface area contributed by atoms with Gasteiger partial charge in [0.05, 0.1) is 6.61 Å². The maximum absolute atomic E-state index is 5.05. The summed E-state index contributed by atoms with van der Waals surface area (Å²) in [5.41, 5.74) is 0. The van der Waals surface area contributed by atoms with Gasteiger partial charge in [0.2, 0.25) is 0 Å². The van der Waals surface area contributed by atoms with Crippen LogP contribution in [-0.2, 0) is 4.74 Å². The van der Waals surface area contributed by atoms with E-state index in [-0.39, 0.29) is 0 Å². The van der Waals surface area contributed by atoms with E-state index in [1.54, 1.807) is 7.11 Å². The van der Waals surface area contributed by atoms with Gasteiger partial charge in [0.25, 0.3) is 0 Å². The zero-order valence-corrected chi connectivity index (χ0v) is 9.75. The first-order valence-electron chi connectivity index (χ1n) is 5.26. The maximum atomic E-state index is 5.05. The summed E-state index contributed by atoms with van der Waals surface area (Å²) in [5, 5.41) is 3.39. The minimum absolute atomic E-state index is 0.558. The van der Waals surface area contributed by atoms with E-state index in [1.165, 1.54) is 0 Å². The summed E-state index contributed by atoms with van der Waals surface area (Å²) in [6.07, 6.45) is 1.94. The van der Waals surface area contributed by atoms with Crippen molar-refractivity contribution in [3.8, 4) is 0 Å². The molecule has 0 aromatic heterocycles. The first-order chi connectivity index (χ1) is 6.70. The van der Waals surface area contributed by atoms with Gasteiger partial charge in [-0.1, -0.05) is 19.9 Å². The molecule has 0 radical (unpaired) electrons. The molecule has 0 unspecified atom stereocenters. The van der Waals surface area contributed by atoms with E-state index in [2.05, 4.69) is 30.6 Å². The van der Waals surface area contributed by atoms with Gasteiger partial charge in [0.1, 0.15) is 0 Å². The Balaban J connectivity index is 3.55. The van der Waals surface area contributed by atoms with Crippen LogP contribution < -0.4 is 5.32 Å². The van der Waals surface area contributed by atoms with Gasteiger partial charge in [-0.15, -0.1) is 6.58 Å². The lowest BCUT2D eigenvalue weighted by Crippen LogP contribution is -2.36. The predicted molar refractivity (Wildman–Crippen MR) is 61.7 cm³/mol. The second-order valence-electron chi connectivity index (χ2n) is 3.69. The SMILES string of the molecule is C=CCN(CCNC(C)C)CCOC. The van der Waals surface area contributed by atoms with E-state index in [0.29, 0.717) is 6.04 Å². The van der Waals surface area contributed by atoms with Crippen LogP contribution in [0.1, 0.15) is 13.8 Å². The van der Waals surface area contributed by atoms with Crippen LogP contribution in [-0.4, -0.2) is 50.8 Å². The lowest BCUT2D eigenvalue weighted by molar-refractivity contribution is 0.154. The van der Waals surface area contributed by atoms with Crippen LogP contribution in [0.3, 0.4) is 0 Å². The molecular weight excluding hydrogens is 176 g/mol. The summed E-state index contributed by atoms with van der Waals surface area (Å²) in [6, 6.07) is 0.558. The second-order valence-corrected chi connectivity index (χ2v) is 3.69. The Morgan fingerprint density at radius 1 is 1.43 bits per heavy atom. The number of hydrogen-bond acceptors (Lipinski definition) is 3. The van der Waals surface area contributed by atoms with Gasteiger partial charge in [-0.25, -0.2) is 0 Å². The Morgan fingerprint density at radius 2 is 2.14 bits per heavy atom. The highest BCUT2D eigenvalue weighted by Crippen LogP contribution is 1.88. The fourth-order valence-corrected chi connectivity index (χ4v) is 1.21. The van der Waals surface area contributed by atoms with Crippen LogP contribution in [0, 0.1) is 0 Å². The molecule has 0 bridgehead atoms. The molecule has 0 aromatic carbocycles. The summed E-state index contributed by atoms with van der Waals surface area (Å²) in [6.45, 7) is 12.8. The van der Waals surface area contributed by atoms with E-state index < -0.39 is 0 Å². The smallest absolute Gasteiger partial charge is 0.0589 e. The first kappa shape index (κ1) is 13.6. The molecule has 84 valence electrons. The van der Waals surface area contributed by atoms with Gasteiger partial charge in [-0.2, -0.15) is 0 Å². The maximum Gasteiger partial charge on any atom is 0.0589 e. The molecule has 1 N–H and O–H groups in total. The standard InChI is InChI=1S/C11H24N2O/c1-5-7-13(9-10-14-4)8-6-12-11(2)3/h5,11-12H,1,6-10H2,2-4H3. The Bertz CT molecular complexity index is 137. The number of ether oxygens (including phenoxy) is 1. The van der Waals surface area contributed by atoms with Crippen LogP contribution >= 0.6 is 0 Å². The summed E-state index contributed by atoms with van der Waals surface area (Å²) >= 11 is 0. The van der Waals surface area contributed by atoms with Crippen LogP contribution in [0.25, 0.3) is 0 Å². The topological polar surface area (TPSA) is 24.5 Å². The van der Waals surface area contributed by atoms with Gasteiger partial charge < -0.3 is 10.1 Å². The van der Waals surface area contributed by atoms with E-state index >= 15 is 0 Å². The third-order valence-corrected chi connectivity index (χ3v) is 1.98. The molecule has 3 nitrogen and oxygen atoms in total. The van der Waals surface area contributed by atoms with Gasteiger partial charge >= 0.3 is 0 Å². The fraction of sp³-hybridized carbons (Fsp3) is 0.818. The molecule has 0 saturated heterocycles. The summed E-state index contributed by atoms with van der Waals surface area (Å²) in [5.74, 6) is 0. The molecular formula is C11H24N2O. The predicted octanol–water partition coefficient (Wildman–Crippen LogP) is 1.12. The van der Waals surface area contributed by atoms with Crippen molar-refractivity contribution in [2.75, 3.05) is 39.9 Å². The lowest BCUT2D eigenvalue weighted by atomic mass is 10.4. The number of methoxy groups -OCH3 is 1. The largest absolute Gasteiger partial charge is 0.383 e.